The molecule has 4 heterocycles. The van der Waals surface area contributed by atoms with Gasteiger partial charge in [0.2, 0.25) is 0 Å². The number of hydrogen-bond donors (Lipinski definition) is 2. The van der Waals surface area contributed by atoms with E-state index in [0.717, 1.165) is 33.5 Å². The van der Waals surface area contributed by atoms with Crippen molar-refractivity contribution in [2.24, 2.45) is 14.1 Å². The van der Waals surface area contributed by atoms with Gasteiger partial charge in [-0.3, -0.25) is 9.48 Å². The number of anilines is 2. The summed E-state index contributed by atoms with van der Waals surface area (Å²) in [4.78, 5) is 20.6. The number of nitrogens with one attached hydrogen (secondary N) is 2. The van der Waals surface area contributed by atoms with Gasteiger partial charge in [0.1, 0.15) is 11.3 Å². The predicted octanol–water partition coefficient (Wildman–Crippen LogP) is 3.62. The van der Waals surface area contributed by atoms with E-state index in [4.69, 9.17) is 0 Å². The average Bonchev–Trinajstić information content (AvgIpc) is 3.44. The van der Waals surface area contributed by atoms with Crippen molar-refractivity contribution in [1.82, 2.24) is 24.3 Å². The largest absolute Gasteiger partial charge is 0.350 e. The first-order valence-electron chi connectivity index (χ1n) is 10.9. The molecule has 0 radical (unpaired) electrons. The molecule has 35 heavy (non-hydrogen) atoms. The summed E-state index contributed by atoms with van der Waals surface area (Å²) < 4.78 is 27.2. The maximum atomic E-state index is 13.0. The van der Waals surface area contributed by atoms with Crippen molar-refractivity contribution in [1.29, 1.82) is 0 Å². The molecular formula is C25H24N6O3S. The van der Waals surface area contributed by atoms with Crippen LogP contribution in [0.15, 0.2) is 72.0 Å². The minimum atomic E-state index is -3.24. The first-order chi connectivity index (χ1) is 16.7. The Hall–Kier alpha value is -4.18. The number of fused-ring (bicyclic) bond motifs is 1. The van der Waals surface area contributed by atoms with Crippen LogP contribution in [0.25, 0.3) is 33.3 Å². The van der Waals surface area contributed by atoms with Crippen LogP contribution < -0.4 is 10.9 Å². The molecule has 0 atom stereocenters. The van der Waals surface area contributed by atoms with Gasteiger partial charge in [0.15, 0.2) is 9.84 Å². The third-order valence-corrected chi connectivity index (χ3v) is 6.57. The van der Waals surface area contributed by atoms with Crippen molar-refractivity contribution in [2.75, 3.05) is 11.6 Å². The molecule has 0 saturated heterocycles. The molecule has 4 aromatic heterocycles. The van der Waals surface area contributed by atoms with E-state index in [1.54, 1.807) is 36.4 Å². The summed E-state index contributed by atoms with van der Waals surface area (Å²) in [5, 5.41) is 8.29. The summed E-state index contributed by atoms with van der Waals surface area (Å²) in [6.07, 6.45) is 8.28. The number of aryl methyl sites for hydroxylation is 2. The molecule has 5 aromatic rings. The molecule has 10 heteroatoms. The minimum absolute atomic E-state index is 0.0904. The number of H-pyrrole nitrogens is 1. The normalized spacial score (nSPS) is 11.7. The molecule has 0 amide bonds. The molecule has 0 unspecified atom stereocenters. The van der Waals surface area contributed by atoms with Crippen LogP contribution in [0.1, 0.15) is 5.56 Å². The van der Waals surface area contributed by atoms with Gasteiger partial charge in [-0.25, -0.2) is 13.4 Å². The summed E-state index contributed by atoms with van der Waals surface area (Å²) in [6, 6.07) is 13.0. The zero-order valence-corrected chi connectivity index (χ0v) is 20.3. The van der Waals surface area contributed by atoms with E-state index in [1.165, 1.54) is 10.8 Å². The molecule has 0 fully saturated rings. The highest BCUT2D eigenvalue weighted by atomic mass is 32.2. The standard InChI is InChI=1S/C25H24N6O3S/c1-30-14-20(19-11-22(29-24(19)25(30)32)17-12-27-31(2)13-17)18-10-16(15-35(3,33)34)7-8-21(18)28-23-6-4-5-9-26-23/h4-14,29H,15H2,1-3H3,(H,26,28). The number of nitrogens with zero attached hydrogens (tertiary/aromatic N) is 4. The molecule has 0 aliphatic carbocycles. The lowest BCUT2D eigenvalue weighted by Gasteiger charge is -2.15. The SMILES string of the molecule is Cn1cc(-c2cc3c(-c4cc(CS(C)(=O)=O)ccc4Nc4ccccn4)cn(C)c(=O)c3[nH]2)cn1. The van der Waals surface area contributed by atoms with E-state index in [0.29, 0.717) is 16.9 Å². The maximum Gasteiger partial charge on any atom is 0.274 e. The van der Waals surface area contributed by atoms with Crippen molar-refractivity contribution in [3.8, 4) is 22.4 Å². The van der Waals surface area contributed by atoms with Crippen molar-refractivity contribution in [3.63, 3.8) is 0 Å². The first-order valence-corrected chi connectivity index (χ1v) is 12.9. The van der Waals surface area contributed by atoms with Gasteiger partial charge in [-0.05, 0) is 35.9 Å². The van der Waals surface area contributed by atoms with E-state index in [2.05, 4.69) is 20.4 Å². The molecule has 5 rings (SSSR count). The fourth-order valence-electron chi connectivity index (χ4n) is 4.15. The van der Waals surface area contributed by atoms with E-state index < -0.39 is 9.84 Å². The van der Waals surface area contributed by atoms with E-state index >= 15 is 0 Å². The van der Waals surface area contributed by atoms with Crippen molar-refractivity contribution in [3.05, 3.63) is 83.2 Å². The third-order valence-electron chi connectivity index (χ3n) is 5.71. The summed E-state index contributed by atoms with van der Waals surface area (Å²) in [7, 11) is 0.291. The lowest BCUT2D eigenvalue weighted by atomic mass is 9.99. The van der Waals surface area contributed by atoms with Gasteiger partial charge < -0.3 is 14.9 Å². The van der Waals surface area contributed by atoms with Crippen LogP contribution in [0.5, 0.6) is 0 Å². The highest BCUT2D eigenvalue weighted by molar-refractivity contribution is 7.89. The van der Waals surface area contributed by atoms with E-state index in [-0.39, 0.29) is 11.3 Å². The Morgan fingerprint density at radius 2 is 1.89 bits per heavy atom. The molecule has 2 N–H and O–H groups in total. The second kappa shape index (κ2) is 8.55. The zero-order chi connectivity index (χ0) is 24.7. The summed E-state index contributed by atoms with van der Waals surface area (Å²) in [5.74, 6) is 0.558. The molecular weight excluding hydrogens is 464 g/mol. The fraction of sp³-hybridized carbons (Fsp3) is 0.160. The Morgan fingerprint density at radius 3 is 2.57 bits per heavy atom. The monoisotopic (exact) mass is 488 g/mol. The highest BCUT2D eigenvalue weighted by Gasteiger charge is 2.18. The Morgan fingerprint density at radius 1 is 1.06 bits per heavy atom. The number of pyridine rings is 2. The second-order valence-electron chi connectivity index (χ2n) is 8.62. The lowest BCUT2D eigenvalue weighted by Crippen LogP contribution is -2.16. The van der Waals surface area contributed by atoms with Crippen molar-refractivity contribution >= 4 is 32.2 Å². The molecule has 0 saturated carbocycles. The quantitative estimate of drug-likeness (QED) is 0.377. The molecule has 178 valence electrons. The topological polar surface area (TPSA) is 115 Å². The van der Waals surface area contributed by atoms with Gasteiger partial charge in [0, 0.05) is 72.4 Å². The number of hydrogen-bond acceptors (Lipinski definition) is 6. The van der Waals surface area contributed by atoms with E-state index in [1.807, 2.05) is 49.6 Å². The van der Waals surface area contributed by atoms with E-state index in [9.17, 15) is 13.2 Å². The van der Waals surface area contributed by atoms with Gasteiger partial charge in [-0.1, -0.05) is 12.1 Å². The molecule has 9 nitrogen and oxygen atoms in total. The Kier molecular flexibility index (Phi) is 5.52. The zero-order valence-electron chi connectivity index (χ0n) is 19.5. The predicted molar refractivity (Wildman–Crippen MR) is 137 cm³/mol. The number of benzene rings is 1. The van der Waals surface area contributed by atoms with Crippen LogP contribution in [0.4, 0.5) is 11.5 Å². The fourth-order valence-corrected chi connectivity index (χ4v) is 4.94. The molecule has 0 aliphatic heterocycles. The van der Waals surface area contributed by atoms with Crippen molar-refractivity contribution < 1.29 is 8.42 Å². The van der Waals surface area contributed by atoms with Crippen LogP contribution in [0.2, 0.25) is 0 Å². The summed E-state index contributed by atoms with van der Waals surface area (Å²) in [6.45, 7) is 0. The molecule has 1 aromatic carbocycles. The highest BCUT2D eigenvalue weighted by Crippen LogP contribution is 2.36. The maximum absolute atomic E-state index is 13.0. The second-order valence-corrected chi connectivity index (χ2v) is 10.8. The van der Waals surface area contributed by atoms with Crippen LogP contribution in [-0.4, -0.2) is 39.0 Å². The van der Waals surface area contributed by atoms with Crippen LogP contribution in [0.3, 0.4) is 0 Å². The van der Waals surface area contributed by atoms with Gasteiger partial charge in [0.05, 0.1) is 11.9 Å². The average molecular weight is 489 g/mol. The number of aromatic nitrogens is 5. The summed E-state index contributed by atoms with van der Waals surface area (Å²) in [5.41, 5.74) is 4.85. The Bertz CT molecular complexity index is 1720. The van der Waals surface area contributed by atoms with Gasteiger partial charge in [-0.15, -0.1) is 0 Å². The van der Waals surface area contributed by atoms with Crippen LogP contribution >= 0.6 is 0 Å². The minimum Gasteiger partial charge on any atom is -0.350 e. The third kappa shape index (κ3) is 4.60. The lowest BCUT2D eigenvalue weighted by molar-refractivity contribution is 0.601. The number of sulfone groups is 1. The van der Waals surface area contributed by atoms with Crippen molar-refractivity contribution in [2.45, 2.75) is 5.75 Å². The number of rotatable bonds is 6. The Labute approximate surface area is 202 Å². The molecule has 0 bridgehead atoms. The first kappa shape index (κ1) is 22.6. The van der Waals surface area contributed by atoms with Gasteiger partial charge in [0.25, 0.3) is 5.56 Å². The van der Waals surface area contributed by atoms with Crippen LogP contribution in [-0.2, 0) is 29.7 Å². The smallest absolute Gasteiger partial charge is 0.274 e. The van der Waals surface area contributed by atoms with Gasteiger partial charge in [-0.2, -0.15) is 5.10 Å². The van der Waals surface area contributed by atoms with Gasteiger partial charge >= 0.3 is 0 Å². The molecule has 0 spiro atoms. The summed E-state index contributed by atoms with van der Waals surface area (Å²) >= 11 is 0. The molecule has 0 aliphatic rings. The Balaban J connectivity index is 1.75. The number of aromatic amines is 1. The van der Waals surface area contributed by atoms with Crippen LogP contribution in [0, 0.1) is 0 Å².